The fourth-order valence-electron chi connectivity index (χ4n) is 1.56. The van der Waals surface area contributed by atoms with E-state index in [4.69, 9.17) is 0 Å². The zero-order chi connectivity index (χ0) is 9.42. The molecule has 2 aromatic rings. The number of aromatic nitrogens is 2. The Morgan fingerprint density at radius 3 is 2.92 bits per heavy atom. The predicted molar refractivity (Wildman–Crippen MR) is 53.0 cm³/mol. The van der Waals surface area contributed by atoms with Gasteiger partial charge in [0.05, 0.1) is 10.9 Å². The van der Waals surface area contributed by atoms with Gasteiger partial charge >= 0.3 is 0 Å². The van der Waals surface area contributed by atoms with Crippen LogP contribution in [0.15, 0.2) is 23.0 Å². The number of nitrogens with one attached hydrogen (secondary N) is 1. The number of nitrogens with zero attached hydrogens (tertiary/aromatic N) is 1. The van der Waals surface area contributed by atoms with Crippen LogP contribution in [0.3, 0.4) is 0 Å². The molecule has 3 heteroatoms. The van der Waals surface area contributed by atoms with E-state index in [1.54, 1.807) is 0 Å². The van der Waals surface area contributed by atoms with Gasteiger partial charge in [-0.1, -0.05) is 11.6 Å². The average Bonchev–Trinajstić information content (AvgIpc) is 2.43. The standard InChI is InChI=1S/C10H12N2O/c1-3-12-9-5-4-7(2)6-8(9)10(13)11-12/h4-6H,3H2,1-2H3,(H,11,13). The first-order chi connectivity index (χ1) is 6.22. The summed E-state index contributed by atoms with van der Waals surface area (Å²) in [5.74, 6) is 0. The van der Waals surface area contributed by atoms with Gasteiger partial charge in [0.15, 0.2) is 0 Å². The van der Waals surface area contributed by atoms with Crippen molar-refractivity contribution in [2.24, 2.45) is 0 Å². The monoisotopic (exact) mass is 176 g/mol. The maximum absolute atomic E-state index is 11.4. The van der Waals surface area contributed by atoms with Crippen LogP contribution >= 0.6 is 0 Å². The second-order valence-corrected chi connectivity index (χ2v) is 3.21. The molecule has 1 N–H and O–H groups in total. The molecule has 0 bridgehead atoms. The molecule has 1 aromatic carbocycles. The largest absolute Gasteiger partial charge is 0.285 e. The van der Waals surface area contributed by atoms with Crippen LogP contribution in [0.25, 0.3) is 10.9 Å². The highest BCUT2D eigenvalue weighted by atomic mass is 16.1. The van der Waals surface area contributed by atoms with Gasteiger partial charge in [-0.25, -0.2) is 0 Å². The Morgan fingerprint density at radius 2 is 2.23 bits per heavy atom. The first-order valence-electron chi connectivity index (χ1n) is 4.41. The minimum atomic E-state index is 0.000509. The molecule has 13 heavy (non-hydrogen) atoms. The van der Waals surface area contributed by atoms with Gasteiger partial charge in [-0.2, -0.15) is 0 Å². The van der Waals surface area contributed by atoms with Crippen LogP contribution in [-0.4, -0.2) is 9.78 Å². The highest BCUT2D eigenvalue weighted by molar-refractivity contribution is 5.79. The Balaban J connectivity index is 2.88. The Labute approximate surface area is 76.0 Å². The van der Waals surface area contributed by atoms with Crippen LogP contribution in [0, 0.1) is 6.92 Å². The summed E-state index contributed by atoms with van der Waals surface area (Å²) in [5.41, 5.74) is 2.10. The third-order valence-electron chi connectivity index (χ3n) is 2.24. The van der Waals surface area contributed by atoms with Crippen molar-refractivity contribution in [3.8, 4) is 0 Å². The summed E-state index contributed by atoms with van der Waals surface area (Å²) in [7, 11) is 0. The predicted octanol–water partition coefficient (Wildman–Crippen LogP) is 1.66. The van der Waals surface area contributed by atoms with Crippen LogP contribution in [0.4, 0.5) is 0 Å². The van der Waals surface area contributed by atoms with E-state index in [1.165, 1.54) is 0 Å². The molecule has 0 fully saturated rings. The van der Waals surface area contributed by atoms with E-state index in [1.807, 2.05) is 36.7 Å². The summed E-state index contributed by atoms with van der Waals surface area (Å²) in [6.45, 7) is 4.79. The molecule has 3 nitrogen and oxygen atoms in total. The van der Waals surface area contributed by atoms with Crippen molar-refractivity contribution in [3.63, 3.8) is 0 Å². The number of H-pyrrole nitrogens is 1. The molecule has 0 aliphatic carbocycles. The molecule has 0 atom stereocenters. The van der Waals surface area contributed by atoms with Crippen LogP contribution in [-0.2, 0) is 6.54 Å². The summed E-state index contributed by atoms with van der Waals surface area (Å²) in [6, 6.07) is 5.91. The first kappa shape index (κ1) is 8.10. The highest BCUT2D eigenvalue weighted by Gasteiger charge is 2.03. The summed E-state index contributed by atoms with van der Waals surface area (Å²) in [5, 5.41) is 3.57. The van der Waals surface area contributed by atoms with Crippen molar-refractivity contribution < 1.29 is 0 Å². The fraction of sp³-hybridized carbons (Fsp3) is 0.300. The lowest BCUT2D eigenvalue weighted by Gasteiger charge is -1.98. The zero-order valence-corrected chi connectivity index (χ0v) is 7.79. The average molecular weight is 176 g/mol. The molecule has 0 aliphatic heterocycles. The number of rotatable bonds is 1. The molecular formula is C10H12N2O. The van der Waals surface area contributed by atoms with Gasteiger partial charge in [0.1, 0.15) is 0 Å². The molecule has 0 aliphatic rings. The second kappa shape index (κ2) is 2.76. The van der Waals surface area contributed by atoms with Crippen LogP contribution in [0.1, 0.15) is 12.5 Å². The molecule has 0 saturated heterocycles. The van der Waals surface area contributed by atoms with Gasteiger partial charge < -0.3 is 0 Å². The minimum absolute atomic E-state index is 0.000509. The van der Waals surface area contributed by atoms with E-state index in [-0.39, 0.29) is 5.56 Å². The number of fused-ring (bicyclic) bond motifs is 1. The molecule has 0 unspecified atom stereocenters. The molecule has 0 saturated carbocycles. The number of hydrogen-bond donors (Lipinski definition) is 1. The molecule has 1 heterocycles. The Hall–Kier alpha value is -1.51. The van der Waals surface area contributed by atoms with Crippen molar-refractivity contribution in [2.45, 2.75) is 20.4 Å². The first-order valence-corrected chi connectivity index (χ1v) is 4.41. The van der Waals surface area contributed by atoms with E-state index in [0.29, 0.717) is 0 Å². The normalized spacial score (nSPS) is 10.9. The smallest absolute Gasteiger partial charge is 0.271 e. The van der Waals surface area contributed by atoms with Crippen LogP contribution in [0.2, 0.25) is 0 Å². The third-order valence-corrected chi connectivity index (χ3v) is 2.24. The SMILES string of the molecule is CCn1[nH]c(=O)c2cc(C)ccc21. The van der Waals surface area contributed by atoms with Crippen molar-refractivity contribution in [3.05, 3.63) is 34.1 Å². The lowest BCUT2D eigenvalue weighted by molar-refractivity contribution is 0.676. The summed E-state index contributed by atoms with van der Waals surface area (Å²) < 4.78 is 1.86. The number of benzene rings is 1. The highest BCUT2D eigenvalue weighted by Crippen LogP contribution is 2.11. The summed E-state index contributed by atoms with van der Waals surface area (Å²) in [4.78, 5) is 11.4. The van der Waals surface area contributed by atoms with E-state index in [2.05, 4.69) is 5.10 Å². The maximum Gasteiger partial charge on any atom is 0.271 e. The Morgan fingerprint density at radius 1 is 1.46 bits per heavy atom. The van der Waals surface area contributed by atoms with Crippen molar-refractivity contribution in [1.82, 2.24) is 9.78 Å². The summed E-state index contributed by atoms with van der Waals surface area (Å²) >= 11 is 0. The third kappa shape index (κ3) is 1.16. The molecule has 2 rings (SSSR count). The van der Waals surface area contributed by atoms with E-state index in [0.717, 1.165) is 23.0 Å². The van der Waals surface area contributed by atoms with Crippen molar-refractivity contribution in [2.75, 3.05) is 0 Å². The van der Waals surface area contributed by atoms with Crippen molar-refractivity contribution >= 4 is 10.9 Å². The van der Waals surface area contributed by atoms with E-state index in [9.17, 15) is 4.79 Å². The topological polar surface area (TPSA) is 37.8 Å². The van der Waals surface area contributed by atoms with E-state index < -0.39 is 0 Å². The van der Waals surface area contributed by atoms with E-state index >= 15 is 0 Å². The molecule has 0 amide bonds. The Bertz CT molecular complexity index is 493. The van der Waals surface area contributed by atoms with Gasteiger partial charge in [0.2, 0.25) is 0 Å². The quantitative estimate of drug-likeness (QED) is 0.705. The zero-order valence-electron chi connectivity index (χ0n) is 7.79. The molecule has 68 valence electrons. The second-order valence-electron chi connectivity index (χ2n) is 3.21. The number of hydrogen-bond acceptors (Lipinski definition) is 1. The number of aromatic amines is 1. The Kier molecular flexibility index (Phi) is 1.72. The summed E-state index contributed by atoms with van der Waals surface area (Å²) in [6.07, 6.45) is 0. The van der Waals surface area contributed by atoms with Crippen molar-refractivity contribution in [1.29, 1.82) is 0 Å². The van der Waals surface area contributed by atoms with Gasteiger partial charge in [-0.15, -0.1) is 0 Å². The lowest BCUT2D eigenvalue weighted by atomic mass is 10.2. The molecule has 0 spiro atoms. The lowest BCUT2D eigenvalue weighted by Crippen LogP contribution is -2.03. The van der Waals surface area contributed by atoms with Gasteiger partial charge in [-0.3, -0.25) is 14.6 Å². The molecule has 0 radical (unpaired) electrons. The van der Waals surface area contributed by atoms with Crippen LogP contribution < -0.4 is 5.56 Å². The minimum Gasteiger partial charge on any atom is -0.285 e. The van der Waals surface area contributed by atoms with Gasteiger partial charge in [0.25, 0.3) is 5.56 Å². The van der Waals surface area contributed by atoms with Gasteiger partial charge in [0, 0.05) is 6.54 Å². The molecule has 1 aromatic heterocycles. The molecular weight excluding hydrogens is 164 g/mol. The number of aryl methyl sites for hydroxylation is 2. The van der Waals surface area contributed by atoms with Crippen LogP contribution in [0.5, 0.6) is 0 Å². The maximum atomic E-state index is 11.4. The fourth-order valence-corrected chi connectivity index (χ4v) is 1.56. The van der Waals surface area contributed by atoms with Gasteiger partial charge in [-0.05, 0) is 26.0 Å².